The lowest BCUT2D eigenvalue weighted by Gasteiger charge is -2.39. The first-order chi connectivity index (χ1) is 19.6. The van der Waals surface area contributed by atoms with Gasteiger partial charge in [0.2, 0.25) is 11.8 Å². The Balaban J connectivity index is 3.34. The van der Waals surface area contributed by atoms with Crippen molar-refractivity contribution >= 4 is 18.2 Å². The number of carbonyl (C=O) groups excluding carboxylic acids is 3. The van der Waals surface area contributed by atoms with Gasteiger partial charge < -0.3 is 14.8 Å². The minimum absolute atomic E-state index is 0.0162. The highest BCUT2D eigenvalue weighted by Crippen LogP contribution is 2.58. The van der Waals surface area contributed by atoms with Crippen molar-refractivity contribution in [3.8, 4) is 5.75 Å². The van der Waals surface area contributed by atoms with E-state index in [2.05, 4.69) is 4.74 Å². The van der Waals surface area contributed by atoms with Gasteiger partial charge in [-0.15, -0.1) is 0 Å². The van der Waals surface area contributed by atoms with Crippen LogP contribution in [0, 0.1) is 5.92 Å². The smallest absolute Gasteiger partial charge is 0.406 e. The van der Waals surface area contributed by atoms with Crippen molar-refractivity contribution in [1.82, 2.24) is 5.32 Å². The third-order valence-electron chi connectivity index (χ3n) is 5.77. The largest absolute Gasteiger partial charge is 0.493 e. The summed E-state index contributed by atoms with van der Waals surface area (Å²) >= 11 is 0. The SMILES string of the molecule is CCCC(=O)[C@H](Cc1ccc(OCCCOC=O)cc1)NC(=O)C(C(F)(F)F)C(F)(F)C(F)(F)C(F)(F)C(F)(F)C(F)F. The summed E-state index contributed by atoms with van der Waals surface area (Å²) in [5.41, 5.74) is 0.0372. The number of rotatable bonds is 18. The van der Waals surface area contributed by atoms with Crippen LogP contribution in [0.25, 0.3) is 0 Å². The molecule has 246 valence electrons. The minimum Gasteiger partial charge on any atom is -0.493 e. The third-order valence-corrected chi connectivity index (χ3v) is 5.77. The number of alkyl halides is 13. The molecule has 19 heteroatoms. The van der Waals surface area contributed by atoms with Crippen molar-refractivity contribution in [3.63, 3.8) is 0 Å². The zero-order valence-corrected chi connectivity index (χ0v) is 21.8. The molecular weight excluding hydrogens is 629 g/mol. The Morgan fingerprint density at radius 1 is 0.860 bits per heavy atom. The standard InChI is InChI=1S/C24H24F13NO5/c1-2-4-16(40)15(11-13-5-7-14(8-6-13)43-10-3-9-42-12-39)38-18(41)17(22(31,32)33)20(27,28)23(34,35)24(36,37)21(29,30)19(25)26/h5-8,12,15,17,19H,2-4,9-11H2,1H3,(H,38,41)/t15-,17?/m0/s1. The van der Waals surface area contributed by atoms with Gasteiger partial charge in [-0.1, -0.05) is 19.1 Å². The molecule has 1 unspecified atom stereocenters. The summed E-state index contributed by atoms with van der Waals surface area (Å²) in [5, 5.41) is 1.14. The molecule has 0 aliphatic carbocycles. The molecule has 1 amide bonds. The van der Waals surface area contributed by atoms with E-state index in [0.717, 1.165) is 5.32 Å². The zero-order valence-electron chi connectivity index (χ0n) is 21.8. The lowest BCUT2D eigenvalue weighted by atomic mass is 9.87. The second-order valence-electron chi connectivity index (χ2n) is 8.96. The molecule has 0 saturated heterocycles. The van der Waals surface area contributed by atoms with Gasteiger partial charge in [0.1, 0.15) is 5.75 Å². The van der Waals surface area contributed by atoms with E-state index in [9.17, 15) is 71.5 Å². The Labute approximate surface area is 234 Å². The second kappa shape index (κ2) is 14.5. The van der Waals surface area contributed by atoms with E-state index in [0.29, 0.717) is 0 Å². The van der Waals surface area contributed by atoms with E-state index in [1.54, 1.807) is 0 Å². The molecule has 2 atom stereocenters. The van der Waals surface area contributed by atoms with Gasteiger partial charge in [0.05, 0.1) is 19.3 Å². The van der Waals surface area contributed by atoms with E-state index in [4.69, 9.17) is 4.74 Å². The van der Waals surface area contributed by atoms with Gasteiger partial charge in [0.25, 0.3) is 6.47 Å². The van der Waals surface area contributed by atoms with Gasteiger partial charge in [-0.3, -0.25) is 14.4 Å². The highest BCUT2D eigenvalue weighted by Gasteiger charge is 2.86. The Hall–Kier alpha value is -3.28. The lowest BCUT2D eigenvalue weighted by molar-refractivity contribution is -0.401. The average Bonchev–Trinajstić information content (AvgIpc) is 2.87. The number of amides is 1. The highest BCUT2D eigenvalue weighted by atomic mass is 19.4. The molecule has 43 heavy (non-hydrogen) atoms. The van der Waals surface area contributed by atoms with Crippen LogP contribution < -0.4 is 10.1 Å². The van der Waals surface area contributed by atoms with E-state index in [1.807, 2.05) is 0 Å². The normalized spacial score (nSPS) is 14.7. The van der Waals surface area contributed by atoms with Crippen molar-refractivity contribution in [3.05, 3.63) is 29.8 Å². The summed E-state index contributed by atoms with van der Waals surface area (Å²) in [4.78, 5) is 34.9. The van der Waals surface area contributed by atoms with Crippen LogP contribution in [0.3, 0.4) is 0 Å². The van der Waals surface area contributed by atoms with E-state index < -0.39 is 72.8 Å². The minimum atomic E-state index is -7.85. The molecular formula is C24H24F13NO5. The predicted octanol–water partition coefficient (Wildman–Crippen LogP) is 6.01. The Kier molecular flexibility index (Phi) is 12.7. The molecule has 0 spiro atoms. The summed E-state index contributed by atoms with van der Waals surface area (Å²) in [7, 11) is 0. The number of ether oxygens (including phenoxy) is 2. The van der Waals surface area contributed by atoms with Crippen LogP contribution in [-0.4, -0.2) is 73.7 Å². The van der Waals surface area contributed by atoms with E-state index in [-0.39, 0.29) is 43.8 Å². The number of carbonyl (C=O) groups is 3. The zero-order chi connectivity index (χ0) is 33.4. The first-order valence-corrected chi connectivity index (χ1v) is 12.1. The second-order valence-corrected chi connectivity index (χ2v) is 8.96. The molecule has 0 heterocycles. The van der Waals surface area contributed by atoms with Crippen LogP contribution in [0.1, 0.15) is 31.7 Å². The van der Waals surface area contributed by atoms with Crippen LogP contribution in [0.2, 0.25) is 0 Å². The summed E-state index contributed by atoms with van der Waals surface area (Å²) in [6.45, 7) is 1.66. The van der Waals surface area contributed by atoms with Crippen molar-refractivity contribution in [1.29, 1.82) is 0 Å². The van der Waals surface area contributed by atoms with Crippen LogP contribution >= 0.6 is 0 Å². The highest BCUT2D eigenvalue weighted by molar-refractivity contribution is 5.90. The van der Waals surface area contributed by atoms with Gasteiger partial charge in [-0.05, 0) is 30.5 Å². The van der Waals surface area contributed by atoms with Crippen LogP contribution in [0.15, 0.2) is 24.3 Å². The molecule has 1 N–H and O–H groups in total. The fourth-order valence-corrected chi connectivity index (χ4v) is 3.51. The fraction of sp³-hybridized carbons (Fsp3) is 0.625. The number of hydrogen-bond donors (Lipinski definition) is 1. The average molecular weight is 653 g/mol. The maximum Gasteiger partial charge on any atom is 0.406 e. The molecule has 1 aromatic carbocycles. The quantitative estimate of drug-likeness (QED) is 0.119. The molecule has 0 bridgehead atoms. The molecule has 1 aromatic rings. The van der Waals surface area contributed by atoms with Gasteiger partial charge in [-0.2, -0.15) is 48.3 Å². The molecule has 0 aliphatic rings. The molecule has 0 radical (unpaired) electrons. The van der Waals surface area contributed by atoms with Gasteiger partial charge in [-0.25, -0.2) is 8.78 Å². The molecule has 0 fully saturated rings. The van der Waals surface area contributed by atoms with Crippen LogP contribution in [0.5, 0.6) is 5.75 Å². The number of Topliss-reactive ketones (excluding diaryl/α,β-unsaturated/α-hetero) is 1. The van der Waals surface area contributed by atoms with Crippen LogP contribution in [0.4, 0.5) is 57.1 Å². The molecule has 0 aromatic heterocycles. The molecule has 0 aliphatic heterocycles. The van der Waals surface area contributed by atoms with E-state index in [1.165, 1.54) is 31.2 Å². The number of hydrogen-bond acceptors (Lipinski definition) is 5. The maximum absolute atomic E-state index is 14.4. The summed E-state index contributed by atoms with van der Waals surface area (Å²) < 4.78 is 185. The Morgan fingerprint density at radius 2 is 1.40 bits per heavy atom. The summed E-state index contributed by atoms with van der Waals surface area (Å²) in [6.07, 6.45) is -13.5. The van der Waals surface area contributed by atoms with Crippen molar-refractivity contribution in [2.24, 2.45) is 5.92 Å². The number of ketones is 1. The van der Waals surface area contributed by atoms with E-state index >= 15 is 0 Å². The van der Waals surface area contributed by atoms with Crippen molar-refractivity contribution in [2.45, 2.75) is 74.9 Å². The van der Waals surface area contributed by atoms with Crippen LogP contribution in [-0.2, 0) is 25.5 Å². The first kappa shape index (κ1) is 37.7. The van der Waals surface area contributed by atoms with Crippen molar-refractivity contribution < 1.29 is 80.9 Å². The van der Waals surface area contributed by atoms with Gasteiger partial charge in [0, 0.05) is 12.8 Å². The Morgan fingerprint density at radius 3 is 1.86 bits per heavy atom. The Bertz CT molecular complexity index is 1080. The third kappa shape index (κ3) is 8.64. The number of nitrogens with one attached hydrogen (secondary N) is 1. The fourth-order valence-electron chi connectivity index (χ4n) is 3.51. The van der Waals surface area contributed by atoms with Crippen molar-refractivity contribution in [2.75, 3.05) is 13.2 Å². The molecule has 1 rings (SSSR count). The molecule has 0 saturated carbocycles. The maximum atomic E-state index is 14.4. The topological polar surface area (TPSA) is 81.7 Å². The number of benzene rings is 1. The predicted molar refractivity (Wildman–Crippen MR) is 119 cm³/mol. The van der Waals surface area contributed by atoms with Gasteiger partial charge in [0.15, 0.2) is 5.78 Å². The summed E-state index contributed by atoms with van der Waals surface area (Å²) in [5.74, 6) is -39.9. The monoisotopic (exact) mass is 653 g/mol. The first-order valence-electron chi connectivity index (χ1n) is 12.1. The number of halogens is 13. The molecule has 6 nitrogen and oxygen atoms in total. The van der Waals surface area contributed by atoms with Gasteiger partial charge >= 0.3 is 36.3 Å². The summed E-state index contributed by atoms with van der Waals surface area (Å²) in [6, 6.07) is 2.78. The lowest BCUT2D eigenvalue weighted by Crippen LogP contribution is -2.69.